The molecule has 0 bridgehead atoms. The Balaban J connectivity index is 1.91. The van der Waals surface area contributed by atoms with E-state index in [1.54, 1.807) is 0 Å². The van der Waals surface area contributed by atoms with E-state index in [2.05, 4.69) is 5.32 Å². The summed E-state index contributed by atoms with van der Waals surface area (Å²) in [5.41, 5.74) is 0.864. The monoisotopic (exact) mass is 207 g/mol. The van der Waals surface area contributed by atoms with Gasteiger partial charge in [-0.15, -0.1) is 0 Å². The fourth-order valence-electron chi connectivity index (χ4n) is 1.84. The molecule has 0 aromatic heterocycles. The van der Waals surface area contributed by atoms with Crippen LogP contribution in [0.3, 0.4) is 0 Å². The van der Waals surface area contributed by atoms with E-state index in [1.807, 2.05) is 24.3 Å². The predicted molar refractivity (Wildman–Crippen MR) is 58.8 cm³/mol. The summed E-state index contributed by atoms with van der Waals surface area (Å²) >= 11 is 0. The number of aliphatic hydroxyl groups excluding tert-OH is 1. The smallest absolute Gasteiger partial charge is 0.124 e. The first kappa shape index (κ1) is 10.5. The van der Waals surface area contributed by atoms with Crippen molar-refractivity contribution >= 4 is 0 Å². The van der Waals surface area contributed by atoms with Gasteiger partial charge in [-0.05, 0) is 19.0 Å². The van der Waals surface area contributed by atoms with Gasteiger partial charge in [0.25, 0.3) is 0 Å². The van der Waals surface area contributed by atoms with Crippen LogP contribution in [0.1, 0.15) is 12.0 Å². The van der Waals surface area contributed by atoms with Crippen LogP contribution < -0.4 is 10.1 Å². The SMILES string of the molecule is OCc1ccccc1OCC1CCNC1. The molecule has 82 valence electrons. The Morgan fingerprint density at radius 1 is 1.40 bits per heavy atom. The molecule has 1 aromatic carbocycles. The first-order valence-electron chi connectivity index (χ1n) is 5.42. The molecule has 1 heterocycles. The summed E-state index contributed by atoms with van der Waals surface area (Å²) < 4.78 is 5.71. The number of ether oxygens (including phenoxy) is 1. The summed E-state index contributed by atoms with van der Waals surface area (Å²) in [5, 5.41) is 12.4. The molecule has 2 rings (SSSR count). The van der Waals surface area contributed by atoms with Crippen LogP contribution in [0.4, 0.5) is 0 Å². The van der Waals surface area contributed by atoms with Gasteiger partial charge in [-0.3, -0.25) is 0 Å². The first-order chi connectivity index (χ1) is 7.40. The van der Waals surface area contributed by atoms with Crippen molar-refractivity contribution in [1.82, 2.24) is 5.32 Å². The fourth-order valence-corrected chi connectivity index (χ4v) is 1.84. The molecule has 1 aromatic rings. The van der Waals surface area contributed by atoms with Crippen LogP contribution in [0.25, 0.3) is 0 Å². The van der Waals surface area contributed by atoms with E-state index in [0.29, 0.717) is 5.92 Å². The molecule has 2 N–H and O–H groups in total. The fraction of sp³-hybridized carbons (Fsp3) is 0.500. The van der Waals surface area contributed by atoms with E-state index in [4.69, 9.17) is 9.84 Å². The lowest BCUT2D eigenvalue weighted by atomic mass is 10.1. The van der Waals surface area contributed by atoms with E-state index in [0.717, 1.165) is 31.0 Å². The van der Waals surface area contributed by atoms with Crippen LogP contribution in [0.5, 0.6) is 5.75 Å². The van der Waals surface area contributed by atoms with Crippen LogP contribution in [0.15, 0.2) is 24.3 Å². The van der Waals surface area contributed by atoms with Gasteiger partial charge in [0.2, 0.25) is 0 Å². The molecule has 3 nitrogen and oxygen atoms in total. The molecule has 0 saturated carbocycles. The summed E-state index contributed by atoms with van der Waals surface area (Å²) in [6.45, 7) is 2.92. The molecule has 0 radical (unpaired) electrons. The van der Waals surface area contributed by atoms with E-state index in [9.17, 15) is 0 Å². The van der Waals surface area contributed by atoms with Gasteiger partial charge < -0.3 is 15.2 Å². The number of hydrogen-bond acceptors (Lipinski definition) is 3. The Hall–Kier alpha value is -1.06. The molecular formula is C12H17NO2. The van der Waals surface area contributed by atoms with Crippen molar-refractivity contribution in [2.24, 2.45) is 5.92 Å². The highest BCUT2D eigenvalue weighted by molar-refractivity contribution is 5.32. The third-order valence-corrected chi connectivity index (χ3v) is 2.78. The predicted octanol–water partition coefficient (Wildman–Crippen LogP) is 1.17. The number of hydrogen-bond donors (Lipinski definition) is 2. The third kappa shape index (κ3) is 2.70. The Morgan fingerprint density at radius 3 is 3.00 bits per heavy atom. The van der Waals surface area contributed by atoms with Crippen molar-refractivity contribution in [3.63, 3.8) is 0 Å². The lowest BCUT2D eigenvalue weighted by Gasteiger charge is -2.13. The van der Waals surface area contributed by atoms with E-state index >= 15 is 0 Å². The van der Waals surface area contributed by atoms with Gasteiger partial charge in [0, 0.05) is 18.0 Å². The van der Waals surface area contributed by atoms with E-state index in [1.165, 1.54) is 6.42 Å². The highest BCUT2D eigenvalue weighted by Gasteiger charge is 2.15. The zero-order chi connectivity index (χ0) is 10.5. The average molecular weight is 207 g/mol. The Morgan fingerprint density at radius 2 is 2.27 bits per heavy atom. The second kappa shape index (κ2) is 5.14. The molecule has 15 heavy (non-hydrogen) atoms. The topological polar surface area (TPSA) is 41.5 Å². The van der Waals surface area contributed by atoms with Crippen molar-refractivity contribution in [3.05, 3.63) is 29.8 Å². The lowest BCUT2D eigenvalue weighted by molar-refractivity contribution is 0.239. The molecule has 0 spiro atoms. The normalized spacial score (nSPS) is 20.5. The highest BCUT2D eigenvalue weighted by atomic mass is 16.5. The summed E-state index contributed by atoms with van der Waals surface area (Å²) in [7, 11) is 0. The van der Waals surface area contributed by atoms with E-state index in [-0.39, 0.29) is 6.61 Å². The second-order valence-corrected chi connectivity index (χ2v) is 3.94. The highest BCUT2D eigenvalue weighted by Crippen LogP contribution is 2.19. The van der Waals surface area contributed by atoms with Crippen molar-refractivity contribution in [3.8, 4) is 5.75 Å². The molecule has 3 heteroatoms. The summed E-state index contributed by atoms with van der Waals surface area (Å²) in [6, 6.07) is 7.65. The maximum Gasteiger partial charge on any atom is 0.124 e. The Labute approximate surface area is 90.1 Å². The lowest BCUT2D eigenvalue weighted by Crippen LogP contribution is -2.15. The minimum atomic E-state index is 0.0408. The van der Waals surface area contributed by atoms with Gasteiger partial charge in [0.1, 0.15) is 5.75 Å². The largest absolute Gasteiger partial charge is 0.493 e. The van der Waals surface area contributed by atoms with Crippen LogP contribution in [-0.4, -0.2) is 24.8 Å². The minimum absolute atomic E-state index is 0.0408. The second-order valence-electron chi connectivity index (χ2n) is 3.94. The zero-order valence-corrected chi connectivity index (χ0v) is 8.78. The van der Waals surface area contributed by atoms with Crippen LogP contribution in [0, 0.1) is 5.92 Å². The molecule has 1 fully saturated rings. The number of benzene rings is 1. The molecule has 1 saturated heterocycles. The van der Waals surface area contributed by atoms with Crippen molar-refractivity contribution in [1.29, 1.82) is 0 Å². The minimum Gasteiger partial charge on any atom is -0.493 e. The van der Waals surface area contributed by atoms with Gasteiger partial charge in [0.15, 0.2) is 0 Å². The molecule has 0 aliphatic carbocycles. The zero-order valence-electron chi connectivity index (χ0n) is 8.78. The number of rotatable bonds is 4. The summed E-state index contributed by atoms with van der Waals surface area (Å²) in [6.07, 6.45) is 1.18. The summed E-state index contributed by atoms with van der Waals surface area (Å²) in [4.78, 5) is 0. The number of aliphatic hydroxyl groups is 1. The van der Waals surface area contributed by atoms with Crippen molar-refractivity contribution in [2.75, 3.05) is 19.7 Å². The molecular weight excluding hydrogens is 190 g/mol. The van der Waals surface area contributed by atoms with E-state index < -0.39 is 0 Å². The van der Waals surface area contributed by atoms with Gasteiger partial charge >= 0.3 is 0 Å². The standard InChI is InChI=1S/C12H17NO2/c14-8-11-3-1-2-4-12(11)15-9-10-5-6-13-7-10/h1-4,10,13-14H,5-9H2. The van der Waals surface area contributed by atoms with Gasteiger partial charge in [-0.1, -0.05) is 18.2 Å². The van der Waals surface area contributed by atoms with Gasteiger partial charge in [-0.25, -0.2) is 0 Å². The quantitative estimate of drug-likeness (QED) is 0.778. The molecule has 1 atom stereocenters. The molecule has 0 amide bonds. The maximum absolute atomic E-state index is 9.12. The number of para-hydroxylation sites is 1. The average Bonchev–Trinajstić information content (AvgIpc) is 2.79. The third-order valence-electron chi connectivity index (χ3n) is 2.78. The first-order valence-corrected chi connectivity index (χ1v) is 5.42. The molecule has 1 aliphatic heterocycles. The molecule has 1 unspecified atom stereocenters. The van der Waals surface area contributed by atoms with Crippen LogP contribution in [0.2, 0.25) is 0 Å². The number of nitrogens with one attached hydrogen (secondary N) is 1. The Kier molecular flexibility index (Phi) is 3.59. The van der Waals surface area contributed by atoms with Crippen molar-refractivity contribution < 1.29 is 9.84 Å². The molecule has 1 aliphatic rings. The summed E-state index contributed by atoms with van der Waals surface area (Å²) in [5.74, 6) is 1.42. The van der Waals surface area contributed by atoms with Crippen LogP contribution >= 0.6 is 0 Å². The van der Waals surface area contributed by atoms with Crippen molar-refractivity contribution in [2.45, 2.75) is 13.0 Å². The van der Waals surface area contributed by atoms with Gasteiger partial charge in [0.05, 0.1) is 13.2 Å². The van der Waals surface area contributed by atoms with Crippen LogP contribution in [-0.2, 0) is 6.61 Å². The van der Waals surface area contributed by atoms with Gasteiger partial charge in [-0.2, -0.15) is 0 Å². The Bertz CT molecular complexity index is 308. The maximum atomic E-state index is 9.12.